The number of rotatable bonds is 3. The Morgan fingerprint density at radius 2 is 2.14 bits per heavy atom. The molecule has 0 aromatic heterocycles. The van der Waals surface area contributed by atoms with Crippen LogP contribution in [0.4, 0.5) is 8.78 Å². The average molecular weight is 205 g/mol. The first-order chi connectivity index (χ1) is 6.57. The Labute approximate surface area is 83.0 Å². The van der Waals surface area contributed by atoms with Crippen molar-refractivity contribution in [3.8, 4) is 0 Å². The Balaban J connectivity index is 1.64. The van der Waals surface area contributed by atoms with Crippen molar-refractivity contribution in [2.24, 2.45) is 5.92 Å². The Bertz CT molecular complexity index is 202. The lowest BCUT2D eigenvalue weighted by molar-refractivity contribution is -0.109. The molecule has 0 aromatic carbocycles. The highest BCUT2D eigenvalue weighted by Crippen LogP contribution is 2.41. The summed E-state index contributed by atoms with van der Waals surface area (Å²) in [6.07, 6.45) is 1.35. The molecule has 1 aliphatic heterocycles. The lowest BCUT2D eigenvalue weighted by atomic mass is 9.81. The van der Waals surface area contributed by atoms with Gasteiger partial charge in [0.15, 0.2) is 0 Å². The molecular weight excluding hydrogens is 188 g/mol. The quantitative estimate of drug-likeness (QED) is 0.758. The minimum atomic E-state index is -2.38. The smallest absolute Gasteiger partial charge is 0.248 e. The molecule has 1 saturated carbocycles. The summed E-state index contributed by atoms with van der Waals surface area (Å²) in [5, 5.41) is 3.31. The maximum absolute atomic E-state index is 12.5. The van der Waals surface area contributed by atoms with E-state index in [-0.39, 0.29) is 24.9 Å². The zero-order chi connectivity index (χ0) is 10.2. The van der Waals surface area contributed by atoms with Gasteiger partial charge in [0.1, 0.15) is 0 Å². The SMILES string of the molecule is CC1OCCC1NCC1CC(F)(F)C1. The highest BCUT2D eigenvalue weighted by Gasteiger charge is 2.45. The van der Waals surface area contributed by atoms with Crippen LogP contribution in [0.5, 0.6) is 0 Å². The average Bonchev–Trinajstić information content (AvgIpc) is 2.44. The molecule has 1 aliphatic carbocycles. The van der Waals surface area contributed by atoms with Crippen LogP contribution in [0.25, 0.3) is 0 Å². The molecule has 2 rings (SSSR count). The van der Waals surface area contributed by atoms with Crippen LogP contribution < -0.4 is 5.32 Å². The van der Waals surface area contributed by atoms with Gasteiger partial charge in [0.25, 0.3) is 0 Å². The van der Waals surface area contributed by atoms with Crippen molar-refractivity contribution in [1.82, 2.24) is 5.32 Å². The zero-order valence-electron chi connectivity index (χ0n) is 8.43. The molecule has 1 N–H and O–H groups in total. The minimum absolute atomic E-state index is 0.0575. The first kappa shape index (κ1) is 10.3. The van der Waals surface area contributed by atoms with Crippen molar-refractivity contribution in [1.29, 1.82) is 0 Å². The molecule has 2 aliphatic rings. The van der Waals surface area contributed by atoms with Gasteiger partial charge in [-0.1, -0.05) is 0 Å². The van der Waals surface area contributed by atoms with Gasteiger partial charge in [0.2, 0.25) is 5.92 Å². The minimum Gasteiger partial charge on any atom is -0.377 e. The first-order valence-corrected chi connectivity index (χ1v) is 5.30. The van der Waals surface area contributed by atoms with E-state index in [1.807, 2.05) is 6.92 Å². The van der Waals surface area contributed by atoms with Gasteiger partial charge in [0, 0.05) is 25.5 Å². The summed E-state index contributed by atoms with van der Waals surface area (Å²) < 4.78 is 30.4. The fourth-order valence-electron chi connectivity index (χ4n) is 2.25. The molecule has 4 heteroatoms. The third-order valence-corrected chi connectivity index (χ3v) is 3.22. The second-order valence-electron chi connectivity index (χ2n) is 4.51. The molecule has 0 bridgehead atoms. The van der Waals surface area contributed by atoms with Crippen molar-refractivity contribution < 1.29 is 13.5 Å². The Morgan fingerprint density at radius 1 is 1.43 bits per heavy atom. The molecule has 1 heterocycles. The van der Waals surface area contributed by atoms with Gasteiger partial charge in [-0.25, -0.2) is 8.78 Å². The Kier molecular flexibility index (Phi) is 2.75. The lowest BCUT2D eigenvalue weighted by Gasteiger charge is -2.35. The Hall–Kier alpha value is -0.220. The monoisotopic (exact) mass is 205 g/mol. The van der Waals surface area contributed by atoms with Crippen molar-refractivity contribution in [2.45, 2.75) is 44.3 Å². The number of alkyl halides is 2. The van der Waals surface area contributed by atoms with E-state index in [1.165, 1.54) is 0 Å². The third kappa shape index (κ3) is 2.23. The van der Waals surface area contributed by atoms with Gasteiger partial charge in [0.05, 0.1) is 6.10 Å². The summed E-state index contributed by atoms with van der Waals surface area (Å²) in [7, 11) is 0. The normalized spacial score (nSPS) is 37.1. The summed E-state index contributed by atoms with van der Waals surface area (Å²) in [5.74, 6) is -2.22. The van der Waals surface area contributed by atoms with Gasteiger partial charge >= 0.3 is 0 Å². The van der Waals surface area contributed by atoms with E-state index in [1.54, 1.807) is 0 Å². The highest BCUT2D eigenvalue weighted by atomic mass is 19.3. The van der Waals surface area contributed by atoms with Crippen LogP contribution in [-0.4, -0.2) is 31.2 Å². The number of hydrogen-bond acceptors (Lipinski definition) is 2. The van der Waals surface area contributed by atoms with Gasteiger partial charge in [-0.3, -0.25) is 0 Å². The largest absolute Gasteiger partial charge is 0.377 e. The molecule has 2 atom stereocenters. The molecule has 0 spiro atoms. The van der Waals surface area contributed by atoms with E-state index in [9.17, 15) is 8.78 Å². The maximum atomic E-state index is 12.5. The molecule has 2 unspecified atom stereocenters. The summed E-state index contributed by atoms with van der Waals surface area (Å²) in [6.45, 7) is 3.54. The van der Waals surface area contributed by atoms with E-state index in [0.29, 0.717) is 12.6 Å². The van der Waals surface area contributed by atoms with Crippen molar-refractivity contribution in [3.63, 3.8) is 0 Å². The van der Waals surface area contributed by atoms with Crippen molar-refractivity contribution in [2.75, 3.05) is 13.2 Å². The fraction of sp³-hybridized carbons (Fsp3) is 1.00. The second kappa shape index (κ2) is 3.74. The Morgan fingerprint density at radius 3 is 2.64 bits per heavy atom. The van der Waals surface area contributed by atoms with Crippen LogP contribution in [0, 0.1) is 5.92 Å². The molecule has 14 heavy (non-hydrogen) atoms. The number of ether oxygens (including phenoxy) is 1. The van der Waals surface area contributed by atoms with Crippen LogP contribution >= 0.6 is 0 Å². The number of nitrogens with one attached hydrogen (secondary N) is 1. The topological polar surface area (TPSA) is 21.3 Å². The standard InChI is InChI=1S/C10H17F2NO/c1-7-9(2-3-14-7)13-6-8-4-10(11,12)5-8/h7-9,13H,2-6H2,1H3. The van der Waals surface area contributed by atoms with Crippen molar-refractivity contribution in [3.05, 3.63) is 0 Å². The van der Waals surface area contributed by atoms with Gasteiger partial charge in [-0.05, 0) is 25.8 Å². The summed E-state index contributed by atoms with van der Waals surface area (Å²) in [5.41, 5.74) is 0. The van der Waals surface area contributed by atoms with E-state index in [0.717, 1.165) is 13.0 Å². The van der Waals surface area contributed by atoms with E-state index in [4.69, 9.17) is 4.74 Å². The summed E-state index contributed by atoms with van der Waals surface area (Å²) in [6, 6.07) is 0.365. The van der Waals surface area contributed by atoms with Gasteiger partial charge < -0.3 is 10.1 Å². The third-order valence-electron chi connectivity index (χ3n) is 3.22. The zero-order valence-corrected chi connectivity index (χ0v) is 8.43. The van der Waals surface area contributed by atoms with E-state index < -0.39 is 5.92 Å². The molecule has 82 valence electrons. The predicted octanol–water partition coefficient (Wildman–Crippen LogP) is 1.80. The molecule has 2 nitrogen and oxygen atoms in total. The summed E-state index contributed by atoms with van der Waals surface area (Å²) in [4.78, 5) is 0. The molecule has 2 fully saturated rings. The predicted molar refractivity (Wildman–Crippen MR) is 49.5 cm³/mol. The van der Waals surface area contributed by atoms with Crippen LogP contribution in [0.15, 0.2) is 0 Å². The molecule has 0 aromatic rings. The molecule has 0 amide bonds. The van der Waals surface area contributed by atoms with Crippen LogP contribution in [0.2, 0.25) is 0 Å². The fourth-order valence-corrected chi connectivity index (χ4v) is 2.25. The number of halogens is 2. The highest BCUT2D eigenvalue weighted by molar-refractivity contribution is 4.89. The maximum Gasteiger partial charge on any atom is 0.248 e. The lowest BCUT2D eigenvalue weighted by Crippen LogP contribution is -2.45. The molecular formula is C10H17F2NO. The second-order valence-corrected chi connectivity index (χ2v) is 4.51. The van der Waals surface area contributed by atoms with Crippen LogP contribution in [0.3, 0.4) is 0 Å². The van der Waals surface area contributed by atoms with Crippen LogP contribution in [-0.2, 0) is 4.74 Å². The molecule has 0 radical (unpaired) electrons. The van der Waals surface area contributed by atoms with Crippen molar-refractivity contribution >= 4 is 0 Å². The number of hydrogen-bond donors (Lipinski definition) is 1. The van der Waals surface area contributed by atoms with Gasteiger partial charge in [-0.2, -0.15) is 0 Å². The van der Waals surface area contributed by atoms with Gasteiger partial charge in [-0.15, -0.1) is 0 Å². The first-order valence-electron chi connectivity index (χ1n) is 5.30. The van der Waals surface area contributed by atoms with Crippen LogP contribution in [0.1, 0.15) is 26.2 Å². The van der Waals surface area contributed by atoms with E-state index in [2.05, 4.69) is 5.32 Å². The summed E-state index contributed by atoms with van der Waals surface area (Å²) >= 11 is 0. The van der Waals surface area contributed by atoms with E-state index >= 15 is 0 Å². The molecule has 1 saturated heterocycles.